The molecular weight excluding hydrogens is 522 g/mol. The molecule has 0 spiro atoms. The Morgan fingerprint density at radius 3 is 2.71 bits per heavy atom. The van der Waals surface area contributed by atoms with Crippen LogP contribution in [0.1, 0.15) is 81.5 Å². The molecule has 0 bridgehead atoms. The summed E-state index contributed by atoms with van der Waals surface area (Å²) in [4.78, 5) is 14.3. The number of hydrogen-bond donors (Lipinski definition) is 1. The number of hydrogen-bond acceptors (Lipinski definition) is 3. The minimum Gasteiger partial charge on any atom is -0.352 e. The van der Waals surface area contributed by atoms with Gasteiger partial charge < -0.3 is 5.32 Å². The minimum absolute atomic E-state index is 0.0409. The Kier molecular flexibility index (Phi) is 7.50. The second kappa shape index (κ2) is 11.1. The largest absolute Gasteiger partial charge is 0.352 e. The Morgan fingerprint density at radius 2 is 1.95 bits per heavy atom. The topological polar surface area (TPSA) is 46.9 Å². The van der Waals surface area contributed by atoms with Crippen molar-refractivity contribution >= 4 is 23.3 Å². The predicted octanol–water partition coefficient (Wildman–Crippen LogP) is 8.56. The fraction of sp³-hybridized carbons (Fsp3) is 0.389. The number of nitrogens with one attached hydrogen (secondary N) is 1. The van der Waals surface area contributed by atoms with Crippen LogP contribution in [0.25, 0.3) is 22.3 Å². The summed E-state index contributed by atoms with van der Waals surface area (Å²) in [7, 11) is 0. The lowest BCUT2D eigenvalue weighted by Gasteiger charge is -2.55. The Labute approximate surface area is 248 Å². The van der Waals surface area contributed by atoms with Crippen LogP contribution in [0, 0.1) is 11.3 Å². The summed E-state index contributed by atoms with van der Waals surface area (Å²) in [5.41, 5.74) is 7.61. The third-order valence-electron chi connectivity index (χ3n) is 9.77. The standard InChI is InChI=1S/C36H41N3OS/c1-25(2)26-13-16-30-27(22-26)14-17-32-35(3,19-9-20-36(30,32)4)24-37-33(40)18-15-28-23-39(29-10-6-5-7-11-29)38-34(28)31-12-8-21-41-31/h5-8,10-13,15-16,18,21-23,25,32H,9,14,17,19-20,24H2,1-4H3,(H,37,40)/b18-15+/t32-,35+,36-/m1/s1. The lowest BCUT2D eigenvalue weighted by atomic mass is 9.49. The second-order valence-corrected chi connectivity index (χ2v) is 13.8. The number of rotatable bonds is 7. The molecule has 1 saturated carbocycles. The van der Waals surface area contributed by atoms with Crippen LogP contribution in [0.4, 0.5) is 0 Å². The average Bonchev–Trinajstić information content (AvgIpc) is 3.65. The summed E-state index contributed by atoms with van der Waals surface area (Å²) < 4.78 is 1.89. The molecule has 4 aromatic rings. The number of benzene rings is 2. The molecule has 2 aromatic heterocycles. The summed E-state index contributed by atoms with van der Waals surface area (Å²) in [5, 5.41) is 10.2. The fourth-order valence-corrected chi connectivity index (χ4v) is 8.29. The molecule has 0 unspecified atom stereocenters. The maximum atomic E-state index is 13.2. The molecule has 212 valence electrons. The quantitative estimate of drug-likeness (QED) is 0.229. The number of nitrogens with zero attached hydrogens (tertiary/aromatic N) is 2. The summed E-state index contributed by atoms with van der Waals surface area (Å²) >= 11 is 1.66. The zero-order valence-electron chi connectivity index (χ0n) is 24.7. The minimum atomic E-state index is -0.0409. The van der Waals surface area contributed by atoms with Gasteiger partial charge in [-0.15, -0.1) is 11.3 Å². The van der Waals surface area contributed by atoms with Gasteiger partial charge in [-0.1, -0.05) is 76.6 Å². The molecule has 4 nitrogen and oxygen atoms in total. The monoisotopic (exact) mass is 563 g/mol. The highest BCUT2D eigenvalue weighted by Crippen LogP contribution is 2.57. The van der Waals surface area contributed by atoms with E-state index in [1.54, 1.807) is 28.5 Å². The Balaban J connectivity index is 1.19. The number of thiophene rings is 1. The van der Waals surface area contributed by atoms with Crippen molar-refractivity contribution in [2.45, 2.75) is 71.1 Å². The van der Waals surface area contributed by atoms with Crippen molar-refractivity contribution in [3.05, 3.63) is 101 Å². The highest BCUT2D eigenvalue weighted by Gasteiger charge is 2.51. The Morgan fingerprint density at radius 1 is 1.12 bits per heavy atom. The van der Waals surface area contributed by atoms with Crippen LogP contribution in [0.5, 0.6) is 0 Å². The first kappa shape index (κ1) is 27.7. The maximum Gasteiger partial charge on any atom is 0.244 e. The lowest BCUT2D eigenvalue weighted by molar-refractivity contribution is -0.117. The number of aryl methyl sites for hydroxylation is 1. The molecule has 2 aliphatic carbocycles. The molecule has 5 heteroatoms. The SMILES string of the molecule is CC(C)c1ccc2c(c1)CC[C@@H]1[C@](C)(CNC(=O)/C=C/c3cn(-c4ccccc4)nc3-c3cccs3)CCC[C@]21C. The molecule has 1 fully saturated rings. The van der Waals surface area contributed by atoms with Gasteiger partial charge in [-0.25, -0.2) is 4.68 Å². The molecule has 1 N–H and O–H groups in total. The first-order valence-electron chi connectivity index (χ1n) is 15.0. The van der Waals surface area contributed by atoms with Crippen LogP contribution < -0.4 is 5.32 Å². The summed E-state index contributed by atoms with van der Waals surface area (Å²) in [6, 6.07) is 21.4. The van der Waals surface area contributed by atoms with Gasteiger partial charge in [0.25, 0.3) is 0 Å². The zero-order valence-corrected chi connectivity index (χ0v) is 25.5. The van der Waals surface area contributed by atoms with E-state index in [9.17, 15) is 4.79 Å². The number of para-hydroxylation sites is 1. The van der Waals surface area contributed by atoms with E-state index in [4.69, 9.17) is 5.10 Å². The molecular formula is C36H41N3OS. The van der Waals surface area contributed by atoms with Crippen LogP contribution >= 0.6 is 11.3 Å². The van der Waals surface area contributed by atoms with E-state index in [0.717, 1.165) is 34.7 Å². The molecule has 2 aromatic carbocycles. The van der Waals surface area contributed by atoms with E-state index >= 15 is 0 Å². The van der Waals surface area contributed by atoms with E-state index in [2.05, 4.69) is 62.7 Å². The van der Waals surface area contributed by atoms with Crippen LogP contribution in [-0.4, -0.2) is 22.2 Å². The van der Waals surface area contributed by atoms with Gasteiger partial charge >= 0.3 is 0 Å². The van der Waals surface area contributed by atoms with E-state index in [1.165, 1.54) is 24.8 Å². The van der Waals surface area contributed by atoms with Crippen LogP contribution in [-0.2, 0) is 16.6 Å². The Bertz CT molecular complexity index is 1550. The molecule has 2 heterocycles. The van der Waals surface area contributed by atoms with Crippen molar-refractivity contribution < 1.29 is 4.79 Å². The van der Waals surface area contributed by atoms with Gasteiger partial charge in [0.05, 0.1) is 10.6 Å². The van der Waals surface area contributed by atoms with Crippen molar-refractivity contribution in [1.82, 2.24) is 15.1 Å². The summed E-state index contributed by atoms with van der Waals surface area (Å²) in [6.45, 7) is 10.2. The maximum absolute atomic E-state index is 13.2. The number of carbonyl (C=O) groups is 1. The van der Waals surface area contributed by atoms with Crippen molar-refractivity contribution in [2.24, 2.45) is 11.3 Å². The predicted molar refractivity (Wildman–Crippen MR) is 171 cm³/mol. The van der Waals surface area contributed by atoms with Crippen molar-refractivity contribution in [3.8, 4) is 16.3 Å². The first-order valence-corrected chi connectivity index (χ1v) is 15.9. The normalized spacial score (nSPS) is 23.9. The molecule has 1 amide bonds. The number of fused-ring (bicyclic) bond motifs is 3. The molecule has 41 heavy (non-hydrogen) atoms. The van der Waals surface area contributed by atoms with Gasteiger partial charge in [0.15, 0.2) is 0 Å². The van der Waals surface area contributed by atoms with E-state index in [-0.39, 0.29) is 16.7 Å². The van der Waals surface area contributed by atoms with E-state index in [0.29, 0.717) is 18.4 Å². The van der Waals surface area contributed by atoms with E-state index < -0.39 is 0 Å². The number of carbonyl (C=O) groups excluding carboxylic acids is 1. The fourth-order valence-electron chi connectivity index (χ4n) is 7.56. The zero-order chi connectivity index (χ0) is 28.6. The van der Waals surface area contributed by atoms with Crippen LogP contribution in [0.3, 0.4) is 0 Å². The van der Waals surface area contributed by atoms with Gasteiger partial charge in [0.1, 0.15) is 5.69 Å². The highest BCUT2D eigenvalue weighted by atomic mass is 32.1. The number of amides is 1. The number of aromatic nitrogens is 2. The van der Waals surface area contributed by atoms with E-state index in [1.807, 2.05) is 53.4 Å². The van der Waals surface area contributed by atoms with Crippen LogP contribution in [0.15, 0.2) is 78.3 Å². The highest BCUT2D eigenvalue weighted by molar-refractivity contribution is 7.13. The second-order valence-electron chi connectivity index (χ2n) is 12.8. The molecule has 3 atom stereocenters. The molecule has 0 radical (unpaired) electrons. The van der Waals surface area contributed by atoms with Crippen LogP contribution in [0.2, 0.25) is 0 Å². The lowest BCUT2D eigenvalue weighted by Crippen LogP contribution is -2.53. The Hall–Kier alpha value is -3.44. The molecule has 0 aliphatic heterocycles. The van der Waals surface area contributed by atoms with Gasteiger partial charge in [-0.05, 0) is 94.7 Å². The van der Waals surface area contributed by atoms with Gasteiger partial charge in [-0.2, -0.15) is 5.10 Å². The van der Waals surface area contributed by atoms with Gasteiger partial charge in [-0.3, -0.25) is 4.79 Å². The van der Waals surface area contributed by atoms with Crippen molar-refractivity contribution in [1.29, 1.82) is 0 Å². The molecule has 6 rings (SSSR count). The summed E-state index contributed by atoms with van der Waals surface area (Å²) in [6.07, 6.45) is 11.5. The van der Waals surface area contributed by atoms with Crippen molar-refractivity contribution in [3.63, 3.8) is 0 Å². The summed E-state index contributed by atoms with van der Waals surface area (Å²) in [5.74, 6) is 1.07. The van der Waals surface area contributed by atoms with Gasteiger partial charge in [0.2, 0.25) is 5.91 Å². The third kappa shape index (κ3) is 5.32. The molecule has 2 aliphatic rings. The van der Waals surface area contributed by atoms with Crippen molar-refractivity contribution in [2.75, 3.05) is 6.54 Å². The average molecular weight is 564 g/mol. The molecule has 0 saturated heterocycles. The smallest absolute Gasteiger partial charge is 0.244 e. The first-order chi connectivity index (χ1) is 19.8. The third-order valence-corrected chi connectivity index (χ3v) is 10.6. The van der Waals surface area contributed by atoms with Gasteiger partial charge in [0, 0.05) is 24.4 Å².